The molecule has 17 heavy (non-hydrogen) atoms. The van der Waals surface area contributed by atoms with E-state index in [1.807, 2.05) is 0 Å². The second-order valence-corrected chi connectivity index (χ2v) is 4.68. The predicted molar refractivity (Wildman–Crippen MR) is 65.8 cm³/mol. The number of ether oxygens (including phenoxy) is 1. The number of esters is 1. The Morgan fingerprint density at radius 1 is 1.47 bits per heavy atom. The Bertz CT molecular complexity index is 571. The van der Waals surface area contributed by atoms with Crippen molar-refractivity contribution in [1.82, 2.24) is 4.57 Å². The highest BCUT2D eigenvalue weighted by Crippen LogP contribution is 2.28. The van der Waals surface area contributed by atoms with Gasteiger partial charge in [0.2, 0.25) is 0 Å². The number of carbonyl (C=O) groups excluding carboxylic acids is 1. The normalized spacial score (nSPS) is 18.3. The Morgan fingerprint density at radius 3 is 3.12 bits per heavy atom. The summed E-state index contributed by atoms with van der Waals surface area (Å²) in [7, 11) is 0. The molecule has 3 nitrogen and oxygen atoms in total. The number of rotatable bonds is 2. The van der Waals surface area contributed by atoms with E-state index in [2.05, 4.69) is 34.9 Å². The zero-order valence-corrected chi connectivity index (χ0v) is 9.85. The van der Waals surface area contributed by atoms with Crippen molar-refractivity contribution in [3.05, 3.63) is 36.0 Å². The molecule has 0 spiro atoms. The zero-order chi connectivity index (χ0) is 11.8. The van der Waals surface area contributed by atoms with Crippen LogP contribution in [0.4, 0.5) is 0 Å². The minimum absolute atomic E-state index is 0.188. The minimum Gasteiger partial charge on any atom is -0.465 e. The topological polar surface area (TPSA) is 31.2 Å². The van der Waals surface area contributed by atoms with E-state index in [0.29, 0.717) is 12.5 Å². The zero-order valence-electron chi connectivity index (χ0n) is 9.85. The Hall–Kier alpha value is -1.77. The van der Waals surface area contributed by atoms with Crippen molar-refractivity contribution in [3.63, 3.8) is 0 Å². The van der Waals surface area contributed by atoms with Crippen molar-refractivity contribution in [1.29, 1.82) is 0 Å². The summed E-state index contributed by atoms with van der Waals surface area (Å²) in [6.45, 7) is 2.95. The van der Waals surface area contributed by atoms with Crippen molar-refractivity contribution < 1.29 is 9.53 Å². The van der Waals surface area contributed by atoms with E-state index >= 15 is 0 Å². The number of hydrogen-bond acceptors (Lipinski definition) is 2. The summed E-state index contributed by atoms with van der Waals surface area (Å²) in [6, 6.07) is 10.7. The second kappa shape index (κ2) is 3.91. The number of para-hydroxylation sites is 1. The maximum Gasteiger partial charge on any atom is 0.302 e. The third kappa shape index (κ3) is 1.82. The molecule has 1 unspecified atom stereocenters. The van der Waals surface area contributed by atoms with Crippen molar-refractivity contribution in [2.24, 2.45) is 5.92 Å². The average molecular weight is 229 g/mol. The van der Waals surface area contributed by atoms with Crippen LogP contribution in [0.1, 0.15) is 12.6 Å². The molecule has 1 aromatic carbocycles. The fourth-order valence-electron chi connectivity index (χ4n) is 2.62. The number of aromatic nitrogens is 1. The van der Waals surface area contributed by atoms with Crippen LogP contribution in [0.3, 0.4) is 0 Å². The molecule has 0 bridgehead atoms. The van der Waals surface area contributed by atoms with Crippen LogP contribution >= 0.6 is 0 Å². The Labute approximate surface area is 100.0 Å². The fourth-order valence-corrected chi connectivity index (χ4v) is 2.62. The summed E-state index contributed by atoms with van der Waals surface area (Å²) >= 11 is 0. The smallest absolute Gasteiger partial charge is 0.302 e. The fraction of sp³-hybridized carbons (Fsp3) is 0.357. The largest absolute Gasteiger partial charge is 0.465 e. The molecule has 3 rings (SSSR count). The highest BCUT2D eigenvalue weighted by molar-refractivity contribution is 5.81. The second-order valence-electron chi connectivity index (χ2n) is 4.68. The van der Waals surface area contributed by atoms with Gasteiger partial charge in [0.15, 0.2) is 0 Å². The van der Waals surface area contributed by atoms with E-state index in [-0.39, 0.29) is 5.97 Å². The van der Waals surface area contributed by atoms with Crippen LogP contribution in [0.15, 0.2) is 30.3 Å². The van der Waals surface area contributed by atoms with E-state index in [4.69, 9.17) is 4.74 Å². The molecule has 1 aliphatic heterocycles. The van der Waals surface area contributed by atoms with Crippen LogP contribution < -0.4 is 0 Å². The molecule has 3 heteroatoms. The van der Waals surface area contributed by atoms with E-state index in [1.54, 1.807) is 0 Å². The monoisotopic (exact) mass is 229 g/mol. The Balaban J connectivity index is 1.82. The molecular formula is C14H15NO2. The molecule has 0 N–H and O–H groups in total. The van der Waals surface area contributed by atoms with Crippen LogP contribution in [-0.2, 0) is 22.5 Å². The van der Waals surface area contributed by atoms with Gasteiger partial charge in [-0.25, -0.2) is 0 Å². The molecule has 0 amide bonds. The molecule has 1 aromatic heterocycles. The van der Waals surface area contributed by atoms with Crippen LogP contribution in [0.2, 0.25) is 0 Å². The highest BCUT2D eigenvalue weighted by atomic mass is 16.5. The first-order valence-corrected chi connectivity index (χ1v) is 5.94. The van der Waals surface area contributed by atoms with Crippen molar-refractivity contribution in [3.8, 4) is 0 Å². The molecular weight excluding hydrogens is 214 g/mol. The van der Waals surface area contributed by atoms with E-state index in [9.17, 15) is 4.79 Å². The number of hydrogen-bond donors (Lipinski definition) is 0. The van der Waals surface area contributed by atoms with Gasteiger partial charge in [-0.15, -0.1) is 0 Å². The standard InChI is InChI=1S/C14H15NO2/c1-10(16)17-9-11-6-13-7-12-4-2-3-5-14(12)15(13)8-11/h2-5,7,11H,6,8-9H2,1H3. The summed E-state index contributed by atoms with van der Waals surface area (Å²) in [5.74, 6) is 0.241. The average Bonchev–Trinajstić information content (AvgIpc) is 2.83. The van der Waals surface area contributed by atoms with Gasteiger partial charge in [0.1, 0.15) is 0 Å². The Kier molecular flexibility index (Phi) is 2.39. The highest BCUT2D eigenvalue weighted by Gasteiger charge is 2.23. The molecule has 0 saturated carbocycles. The van der Waals surface area contributed by atoms with E-state index < -0.39 is 0 Å². The molecule has 0 aliphatic carbocycles. The third-order valence-electron chi connectivity index (χ3n) is 3.36. The minimum atomic E-state index is -0.188. The third-order valence-corrected chi connectivity index (χ3v) is 3.36. The van der Waals surface area contributed by atoms with Gasteiger partial charge in [-0.1, -0.05) is 18.2 Å². The summed E-state index contributed by atoms with van der Waals surface area (Å²) in [5.41, 5.74) is 2.64. The number of benzene rings is 1. The van der Waals surface area contributed by atoms with Gasteiger partial charge in [-0.3, -0.25) is 4.79 Å². The summed E-state index contributed by atoms with van der Waals surface area (Å²) < 4.78 is 7.42. The summed E-state index contributed by atoms with van der Waals surface area (Å²) in [4.78, 5) is 10.8. The number of fused-ring (bicyclic) bond motifs is 3. The molecule has 0 radical (unpaired) electrons. The summed E-state index contributed by atoms with van der Waals surface area (Å²) in [5, 5.41) is 1.30. The van der Waals surface area contributed by atoms with Gasteiger partial charge in [0.05, 0.1) is 6.61 Å². The lowest BCUT2D eigenvalue weighted by Crippen LogP contribution is -2.13. The molecule has 0 saturated heterocycles. The number of carbonyl (C=O) groups is 1. The van der Waals surface area contributed by atoms with Crippen molar-refractivity contribution >= 4 is 16.9 Å². The van der Waals surface area contributed by atoms with Gasteiger partial charge in [-0.2, -0.15) is 0 Å². The SMILES string of the molecule is CC(=O)OCC1Cc2cc3ccccc3n2C1. The van der Waals surface area contributed by atoms with E-state index in [1.165, 1.54) is 23.5 Å². The molecule has 1 aliphatic rings. The molecule has 0 fully saturated rings. The van der Waals surface area contributed by atoms with Crippen LogP contribution in [0.5, 0.6) is 0 Å². The summed E-state index contributed by atoms with van der Waals surface area (Å²) in [6.07, 6.45) is 1.00. The molecule has 2 heterocycles. The van der Waals surface area contributed by atoms with Crippen LogP contribution in [0, 0.1) is 5.92 Å². The van der Waals surface area contributed by atoms with Crippen LogP contribution in [0.25, 0.3) is 10.9 Å². The molecule has 1 atom stereocenters. The van der Waals surface area contributed by atoms with Gasteiger partial charge in [0, 0.05) is 30.6 Å². The maximum absolute atomic E-state index is 10.8. The quantitative estimate of drug-likeness (QED) is 0.740. The van der Waals surface area contributed by atoms with Crippen molar-refractivity contribution in [2.75, 3.05) is 6.61 Å². The Morgan fingerprint density at radius 2 is 2.29 bits per heavy atom. The lowest BCUT2D eigenvalue weighted by molar-refractivity contribution is -0.142. The van der Waals surface area contributed by atoms with Gasteiger partial charge < -0.3 is 9.30 Å². The maximum atomic E-state index is 10.8. The van der Waals surface area contributed by atoms with Gasteiger partial charge in [0.25, 0.3) is 0 Å². The first-order valence-electron chi connectivity index (χ1n) is 5.94. The van der Waals surface area contributed by atoms with Crippen LogP contribution in [-0.4, -0.2) is 17.1 Å². The lowest BCUT2D eigenvalue weighted by Gasteiger charge is -2.09. The van der Waals surface area contributed by atoms with E-state index in [0.717, 1.165) is 13.0 Å². The van der Waals surface area contributed by atoms with Gasteiger partial charge in [-0.05, 0) is 23.9 Å². The molecule has 2 aromatic rings. The number of nitrogens with zero attached hydrogens (tertiary/aromatic N) is 1. The molecule has 88 valence electrons. The van der Waals surface area contributed by atoms with Crippen molar-refractivity contribution in [2.45, 2.75) is 19.9 Å². The predicted octanol–water partition coefficient (Wildman–Crippen LogP) is 2.38. The first-order chi connectivity index (χ1) is 8.24. The lowest BCUT2D eigenvalue weighted by atomic mass is 10.1. The van der Waals surface area contributed by atoms with Gasteiger partial charge >= 0.3 is 5.97 Å². The first kappa shape index (κ1) is 10.4.